The van der Waals surface area contributed by atoms with Crippen LogP contribution in [0.4, 0.5) is 4.39 Å². The largest absolute Gasteiger partial charge is 0.355 e. The smallest absolute Gasteiger partial charge is 0.224 e. The molecule has 0 bridgehead atoms. The van der Waals surface area contributed by atoms with Gasteiger partial charge in [-0.1, -0.05) is 42.0 Å². The highest BCUT2D eigenvalue weighted by Gasteiger charge is 2.03. The van der Waals surface area contributed by atoms with Gasteiger partial charge in [-0.05, 0) is 30.2 Å². The van der Waals surface area contributed by atoms with Gasteiger partial charge in [0.2, 0.25) is 5.91 Å². The van der Waals surface area contributed by atoms with E-state index in [2.05, 4.69) is 52.1 Å². The van der Waals surface area contributed by atoms with Crippen LogP contribution in [-0.2, 0) is 17.8 Å². The number of nitrogens with zero attached hydrogens (tertiary/aromatic N) is 1. The van der Waals surface area contributed by atoms with Crippen LogP contribution in [0, 0.1) is 12.7 Å². The van der Waals surface area contributed by atoms with Gasteiger partial charge >= 0.3 is 0 Å². The maximum atomic E-state index is 12.8. The molecular weight excluding hydrogens is 458 g/mol. The minimum atomic E-state index is -0.303. The number of hydrogen-bond donors (Lipinski definition) is 3. The van der Waals surface area contributed by atoms with Gasteiger partial charge in [0, 0.05) is 26.7 Å². The average molecular weight is 484 g/mol. The molecule has 146 valence electrons. The fourth-order valence-corrected chi connectivity index (χ4v) is 2.35. The Morgan fingerprint density at radius 1 is 0.926 bits per heavy atom. The number of rotatable bonds is 7. The van der Waals surface area contributed by atoms with E-state index in [0.717, 1.165) is 5.56 Å². The highest BCUT2D eigenvalue weighted by molar-refractivity contribution is 14.0. The van der Waals surface area contributed by atoms with Gasteiger partial charge < -0.3 is 16.0 Å². The van der Waals surface area contributed by atoms with Crippen LogP contribution in [0.5, 0.6) is 0 Å². The van der Waals surface area contributed by atoms with E-state index in [9.17, 15) is 9.18 Å². The summed E-state index contributed by atoms with van der Waals surface area (Å²) in [5.74, 6) is 0.280. The summed E-state index contributed by atoms with van der Waals surface area (Å²) in [5, 5.41) is 9.21. The predicted molar refractivity (Wildman–Crippen MR) is 118 cm³/mol. The van der Waals surface area contributed by atoms with Crippen LogP contribution in [-0.4, -0.2) is 32.0 Å². The van der Waals surface area contributed by atoms with Crippen molar-refractivity contribution in [2.24, 2.45) is 4.99 Å². The minimum absolute atomic E-state index is 0. The Labute approximate surface area is 176 Å². The lowest BCUT2D eigenvalue weighted by molar-refractivity contribution is -0.120. The van der Waals surface area contributed by atoms with E-state index >= 15 is 0 Å². The summed E-state index contributed by atoms with van der Waals surface area (Å²) in [6, 6.07) is 14.2. The first-order valence-electron chi connectivity index (χ1n) is 8.58. The molecule has 2 rings (SSSR count). The van der Waals surface area contributed by atoms with Crippen LogP contribution in [0.2, 0.25) is 0 Å². The number of amides is 1. The first kappa shape index (κ1) is 22.9. The summed E-state index contributed by atoms with van der Waals surface area (Å²) in [6.45, 7) is 3.77. The molecule has 1 amide bonds. The summed E-state index contributed by atoms with van der Waals surface area (Å²) in [5.41, 5.74) is 3.19. The summed E-state index contributed by atoms with van der Waals surface area (Å²) in [6.07, 6.45) is 0.237. The Bertz CT molecular complexity index is 733. The molecule has 0 aliphatic rings. The van der Waals surface area contributed by atoms with Crippen molar-refractivity contribution >= 4 is 35.8 Å². The Morgan fingerprint density at radius 3 is 2.15 bits per heavy atom. The molecule has 0 fully saturated rings. The van der Waals surface area contributed by atoms with Crippen LogP contribution in [0.1, 0.15) is 16.7 Å². The molecule has 0 atom stereocenters. The molecule has 0 saturated carbocycles. The summed E-state index contributed by atoms with van der Waals surface area (Å²) >= 11 is 0. The summed E-state index contributed by atoms with van der Waals surface area (Å²) < 4.78 is 12.8. The van der Waals surface area contributed by atoms with Gasteiger partial charge in [0.1, 0.15) is 5.82 Å². The third kappa shape index (κ3) is 8.85. The third-order valence-corrected chi connectivity index (χ3v) is 3.82. The van der Waals surface area contributed by atoms with E-state index in [1.165, 1.54) is 23.3 Å². The second-order valence-electron chi connectivity index (χ2n) is 5.99. The van der Waals surface area contributed by atoms with Crippen molar-refractivity contribution in [2.45, 2.75) is 19.9 Å². The highest BCUT2D eigenvalue weighted by atomic mass is 127. The van der Waals surface area contributed by atoms with Crippen LogP contribution >= 0.6 is 24.0 Å². The van der Waals surface area contributed by atoms with Gasteiger partial charge in [0.25, 0.3) is 0 Å². The fraction of sp³-hybridized carbons (Fsp3) is 0.300. The molecule has 2 aromatic rings. The Morgan fingerprint density at radius 2 is 1.52 bits per heavy atom. The van der Waals surface area contributed by atoms with Crippen molar-refractivity contribution in [3.63, 3.8) is 0 Å². The Balaban J connectivity index is 0.00000364. The summed E-state index contributed by atoms with van der Waals surface area (Å²) in [4.78, 5) is 16.0. The molecule has 0 spiro atoms. The van der Waals surface area contributed by atoms with Crippen LogP contribution in [0.3, 0.4) is 0 Å². The van der Waals surface area contributed by atoms with E-state index in [-0.39, 0.29) is 42.1 Å². The summed E-state index contributed by atoms with van der Waals surface area (Å²) in [7, 11) is 1.71. The molecule has 7 heteroatoms. The van der Waals surface area contributed by atoms with Gasteiger partial charge in [-0.15, -0.1) is 24.0 Å². The van der Waals surface area contributed by atoms with E-state index < -0.39 is 0 Å². The zero-order chi connectivity index (χ0) is 18.8. The Hall–Kier alpha value is -2.16. The second-order valence-corrected chi connectivity index (χ2v) is 5.99. The topological polar surface area (TPSA) is 65.5 Å². The number of carbonyl (C=O) groups excluding carboxylic acids is 1. The fourth-order valence-electron chi connectivity index (χ4n) is 2.35. The molecule has 5 nitrogen and oxygen atoms in total. The first-order chi connectivity index (χ1) is 12.6. The van der Waals surface area contributed by atoms with Gasteiger partial charge in [-0.2, -0.15) is 0 Å². The monoisotopic (exact) mass is 484 g/mol. The molecule has 27 heavy (non-hydrogen) atoms. The van der Waals surface area contributed by atoms with Crippen molar-refractivity contribution in [1.82, 2.24) is 16.0 Å². The lowest BCUT2D eigenvalue weighted by Crippen LogP contribution is -2.41. The van der Waals surface area contributed by atoms with E-state index in [1.54, 1.807) is 19.2 Å². The number of carbonyl (C=O) groups is 1. The average Bonchev–Trinajstić information content (AvgIpc) is 2.64. The van der Waals surface area contributed by atoms with Gasteiger partial charge in [-0.25, -0.2) is 4.39 Å². The van der Waals surface area contributed by atoms with E-state index in [0.29, 0.717) is 25.6 Å². The SMILES string of the molecule is CN=C(NCCNC(=O)Cc1ccc(F)cc1)NCc1ccc(C)cc1.I. The quantitative estimate of drug-likeness (QED) is 0.245. The third-order valence-electron chi connectivity index (χ3n) is 3.82. The molecule has 2 aromatic carbocycles. The Kier molecular flexibility index (Phi) is 10.4. The number of aliphatic imine (C=N–C) groups is 1. The van der Waals surface area contributed by atoms with Gasteiger partial charge in [0.15, 0.2) is 5.96 Å². The zero-order valence-electron chi connectivity index (χ0n) is 15.6. The van der Waals surface area contributed by atoms with Crippen LogP contribution < -0.4 is 16.0 Å². The lowest BCUT2D eigenvalue weighted by Gasteiger charge is -2.12. The second kappa shape index (κ2) is 12.3. The van der Waals surface area contributed by atoms with Crippen molar-refractivity contribution in [3.8, 4) is 0 Å². The molecule has 0 heterocycles. The molecule has 0 unspecified atom stereocenters. The minimum Gasteiger partial charge on any atom is -0.355 e. The van der Waals surface area contributed by atoms with Crippen molar-refractivity contribution in [2.75, 3.05) is 20.1 Å². The zero-order valence-corrected chi connectivity index (χ0v) is 17.9. The van der Waals surface area contributed by atoms with Gasteiger partial charge in [-0.3, -0.25) is 9.79 Å². The number of nitrogens with one attached hydrogen (secondary N) is 3. The van der Waals surface area contributed by atoms with Crippen LogP contribution in [0.25, 0.3) is 0 Å². The van der Waals surface area contributed by atoms with E-state index in [1.807, 2.05) is 0 Å². The molecular formula is C20H26FIN4O. The maximum absolute atomic E-state index is 12.8. The molecule has 0 radical (unpaired) electrons. The standard InChI is InChI=1S/C20H25FN4O.HI/c1-15-3-5-17(6-4-15)14-25-20(22-2)24-12-11-23-19(26)13-16-7-9-18(21)10-8-16;/h3-10H,11-14H2,1-2H3,(H,23,26)(H2,22,24,25);1H. The maximum Gasteiger partial charge on any atom is 0.224 e. The predicted octanol–water partition coefficient (Wildman–Crippen LogP) is 2.78. The van der Waals surface area contributed by atoms with Crippen molar-refractivity contribution in [1.29, 1.82) is 0 Å². The van der Waals surface area contributed by atoms with E-state index in [4.69, 9.17) is 0 Å². The molecule has 0 aliphatic carbocycles. The molecule has 0 aromatic heterocycles. The number of aryl methyl sites for hydroxylation is 1. The lowest BCUT2D eigenvalue weighted by atomic mass is 10.1. The number of halogens is 2. The van der Waals surface area contributed by atoms with Crippen molar-refractivity contribution in [3.05, 3.63) is 71.0 Å². The van der Waals surface area contributed by atoms with Gasteiger partial charge in [0.05, 0.1) is 6.42 Å². The highest BCUT2D eigenvalue weighted by Crippen LogP contribution is 2.03. The normalized spacial score (nSPS) is 10.7. The number of hydrogen-bond acceptors (Lipinski definition) is 2. The first-order valence-corrected chi connectivity index (χ1v) is 8.58. The molecule has 0 saturated heterocycles. The number of guanidine groups is 1. The molecule has 3 N–H and O–H groups in total. The van der Waals surface area contributed by atoms with Crippen molar-refractivity contribution < 1.29 is 9.18 Å². The molecule has 0 aliphatic heterocycles. The van der Waals surface area contributed by atoms with Crippen LogP contribution in [0.15, 0.2) is 53.5 Å². The number of benzene rings is 2.